The SMILES string of the molecule is C=CCOC(=O)N1CC(c2nnc(C(COCc3ccccc3)c3cccc(C4CCCCC4)c3)o2)C2(C1)CN(C(=O)C1(C(F)(F)F)CC1)C2. The van der Waals surface area contributed by atoms with E-state index in [-0.39, 0.29) is 64.0 Å². The highest BCUT2D eigenvalue weighted by molar-refractivity contribution is 5.87. The highest BCUT2D eigenvalue weighted by Gasteiger charge is 2.71. The number of hydrogen-bond donors (Lipinski definition) is 0. The summed E-state index contributed by atoms with van der Waals surface area (Å²) in [5.74, 6) is -0.659. The summed E-state index contributed by atoms with van der Waals surface area (Å²) in [5, 5.41) is 8.99. The molecule has 2 saturated heterocycles. The van der Waals surface area contributed by atoms with Gasteiger partial charge in [-0.2, -0.15) is 13.2 Å². The number of rotatable bonds is 11. The molecular formula is C38H43F3N4O5. The smallest absolute Gasteiger partial charge is 0.410 e. The van der Waals surface area contributed by atoms with Gasteiger partial charge in [0.25, 0.3) is 0 Å². The molecule has 3 heterocycles. The molecule has 2 atom stereocenters. The van der Waals surface area contributed by atoms with Crippen molar-refractivity contribution in [3.05, 3.63) is 95.7 Å². The van der Waals surface area contributed by atoms with Crippen LogP contribution >= 0.6 is 0 Å². The maximum Gasteiger partial charge on any atom is 0.410 e. The Hall–Kier alpha value is -4.19. The Labute approximate surface area is 289 Å². The number of amides is 2. The Morgan fingerprint density at radius 2 is 1.74 bits per heavy atom. The normalized spacial score (nSPS) is 21.9. The maximum absolute atomic E-state index is 13.8. The van der Waals surface area contributed by atoms with Crippen molar-refractivity contribution in [1.82, 2.24) is 20.0 Å². The predicted octanol–water partition coefficient (Wildman–Crippen LogP) is 7.36. The van der Waals surface area contributed by atoms with Gasteiger partial charge in [-0.1, -0.05) is 86.5 Å². The third kappa shape index (κ3) is 6.66. The molecule has 50 heavy (non-hydrogen) atoms. The number of nitrogens with zero attached hydrogens (tertiary/aromatic N) is 4. The number of aromatic nitrogens is 2. The molecule has 9 nitrogen and oxygen atoms in total. The van der Waals surface area contributed by atoms with Crippen molar-refractivity contribution >= 4 is 12.0 Å². The minimum absolute atomic E-state index is 0.0149. The van der Waals surface area contributed by atoms with Crippen molar-refractivity contribution in [3.8, 4) is 0 Å². The lowest BCUT2D eigenvalue weighted by Gasteiger charge is -2.51. The van der Waals surface area contributed by atoms with E-state index in [4.69, 9.17) is 13.9 Å². The van der Waals surface area contributed by atoms with Crippen LogP contribution in [0.25, 0.3) is 0 Å². The van der Waals surface area contributed by atoms with Gasteiger partial charge in [0.2, 0.25) is 17.7 Å². The van der Waals surface area contributed by atoms with Gasteiger partial charge in [-0.15, -0.1) is 10.2 Å². The Kier molecular flexibility index (Phi) is 9.49. The van der Waals surface area contributed by atoms with Gasteiger partial charge in [-0.25, -0.2) is 4.79 Å². The van der Waals surface area contributed by atoms with Gasteiger partial charge in [0.05, 0.1) is 25.0 Å². The summed E-state index contributed by atoms with van der Waals surface area (Å²) in [6.45, 7) is 4.73. The summed E-state index contributed by atoms with van der Waals surface area (Å²) in [6.07, 6.45) is 1.89. The first kappa shape index (κ1) is 34.3. The fourth-order valence-electron chi connectivity index (χ4n) is 8.07. The molecule has 1 spiro atoms. The highest BCUT2D eigenvalue weighted by atomic mass is 19.4. The van der Waals surface area contributed by atoms with Crippen LogP contribution in [0, 0.1) is 10.8 Å². The Morgan fingerprint density at radius 3 is 2.44 bits per heavy atom. The molecule has 0 bridgehead atoms. The highest BCUT2D eigenvalue weighted by Crippen LogP contribution is 2.60. The van der Waals surface area contributed by atoms with Crippen LogP contribution in [0.3, 0.4) is 0 Å². The molecule has 266 valence electrons. The molecule has 2 amide bonds. The van der Waals surface area contributed by atoms with E-state index in [1.165, 1.54) is 40.7 Å². The lowest BCUT2D eigenvalue weighted by atomic mass is 9.71. The van der Waals surface area contributed by atoms with Crippen LogP contribution in [0.15, 0.2) is 71.7 Å². The van der Waals surface area contributed by atoms with Gasteiger partial charge in [0.1, 0.15) is 12.0 Å². The molecule has 12 heteroatoms. The van der Waals surface area contributed by atoms with Crippen molar-refractivity contribution in [2.45, 2.75) is 75.5 Å². The molecule has 4 fully saturated rings. The molecule has 0 radical (unpaired) electrons. The molecule has 2 saturated carbocycles. The third-order valence-electron chi connectivity index (χ3n) is 11.1. The van der Waals surface area contributed by atoms with Crippen molar-refractivity contribution in [1.29, 1.82) is 0 Å². The van der Waals surface area contributed by atoms with Crippen LogP contribution in [0.4, 0.5) is 18.0 Å². The van der Waals surface area contributed by atoms with E-state index in [1.54, 1.807) is 0 Å². The summed E-state index contributed by atoms with van der Waals surface area (Å²) in [7, 11) is 0. The zero-order chi connectivity index (χ0) is 34.9. The van der Waals surface area contributed by atoms with E-state index < -0.39 is 34.9 Å². The van der Waals surface area contributed by atoms with E-state index in [1.807, 2.05) is 36.4 Å². The second kappa shape index (κ2) is 13.8. The molecule has 2 aliphatic heterocycles. The van der Waals surface area contributed by atoms with Crippen molar-refractivity contribution in [2.24, 2.45) is 10.8 Å². The number of carbonyl (C=O) groups excluding carboxylic acids is 2. The zero-order valence-corrected chi connectivity index (χ0v) is 28.1. The molecule has 2 aliphatic carbocycles. The standard InChI is InChI=1S/C38H43F3N4O5/c1-2-18-49-35(47)44-20-31(36(23-44)24-45(25-36)34(46)37(16-17-37)38(39,40)41)33-43-42-32(50-33)30(22-48-21-26-10-5-3-6-11-26)29-15-9-14-28(19-29)27-12-7-4-8-13-27/h2-3,5-6,9-11,14-15,19,27,30-31H,1,4,7-8,12-13,16-18,20-25H2. The second-order valence-electron chi connectivity index (χ2n) is 14.4. The molecule has 2 unspecified atom stereocenters. The zero-order valence-electron chi connectivity index (χ0n) is 28.1. The molecule has 7 rings (SSSR count). The molecule has 3 aromatic rings. The van der Waals surface area contributed by atoms with Gasteiger partial charge < -0.3 is 23.7 Å². The van der Waals surface area contributed by atoms with Gasteiger partial charge in [0.15, 0.2) is 0 Å². The minimum Gasteiger partial charge on any atom is -0.445 e. The van der Waals surface area contributed by atoms with Crippen LogP contribution in [-0.2, 0) is 20.9 Å². The summed E-state index contributed by atoms with van der Waals surface area (Å²) in [6, 6.07) is 18.4. The minimum atomic E-state index is -4.60. The fourth-order valence-corrected chi connectivity index (χ4v) is 8.07. The molecule has 0 N–H and O–H groups in total. The first-order valence-electron chi connectivity index (χ1n) is 17.6. The third-order valence-corrected chi connectivity index (χ3v) is 11.1. The number of carbonyl (C=O) groups is 2. The fraction of sp³-hybridized carbons (Fsp3) is 0.526. The summed E-state index contributed by atoms with van der Waals surface area (Å²) in [5.41, 5.74) is 0.253. The average molecular weight is 693 g/mol. The number of likely N-dealkylation sites (tertiary alicyclic amines) is 2. The average Bonchev–Trinajstić information content (AvgIpc) is 3.65. The predicted molar refractivity (Wildman–Crippen MR) is 177 cm³/mol. The Balaban J connectivity index is 1.15. The number of alkyl halides is 3. The monoisotopic (exact) mass is 692 g/mol. The van der Waals surface area contributed by atoms with Gasteiger partial charge in [-0.3, -0.25) is 4.79 Å². The topological polar surface area (TPSA) is 98.0 Å². The number of benzene rings is 2. The molecule has 4 aliphatic rings. The molecular weight excluding hydrogens is 649 g/mol. The second-order valence-corrected chi connectivity index (χ2v) is 14.4. The van der Waals surface area contributed by atoms with E-state index in [0.29, 0.717) is 18.4 Å². The van der Waals surface area contributed by atoms with Crippen LogP contribution in [0.5, 0.6) is 0 Å². The lowest BCUT2D eigenvalue weighted by Crippen LogP contribution is -2.64. The quantitative estimate of drug-likeness (QED) is 0.194. The summed E-state index contributed by atoms with van der Waals surface area (Å²) < 4.78 is 59.5. The van der Waals surface area contributed by atoms with E-state index >= 15 is 0 Å². The number of halogens is 3. The van der Waals surface area contributed by atoms with E-state index in [9.17, 15) is 22.8 Å². The summed E-state index contributed by atoms with van der Waals surface area (Å²) in [4.78, 5) is 28.8. The van der Waals surface area contributed by atoms with Crippen LogP contribution < -0.4 is 0 Å². The number of hydrogen-bond acceptors (Lipinski definition) is 7. The van der Waals surface area contributed by atoms with Crippen molar-refractivity contribution in [2.75, 3.05) is 39.4 Å². The Morgan fingerprint density at radius 1 is 1.00 bits per heavy atom. The largest absolute Gasteiger partial charge is 0.445 e. The lowest BCUT2D eigenvalue weighted by molar-refractivity contribution is -0.204. The van der Waals surface area contributed by atoms with Gasteiger partial charge in [-0.05, 0) is 48.3 Å². The first-order valence-corrected chi connectivity index (χ1v) is 17.6. The summed E-state index contributed by atoms with van der Waals surface area (Å²) >= 11 is 0. The van der Waals surface area contributed by atoms with Crippen LogP contribution in [0.2, 0.25) is 0 Å². The molecule has 2 aromatic carbocycles. The Bertz CT molecular complexity index is 1680. The molecule has 1 aromatic heterocycles. The first-order chi connectivity index (χ1) is 24.1. The maximum atomic E-state index is 13.8. The van der Waals surface area contributed by atoms with E-state index in [0.717, 1.165) is 24.0 Å². The van der Waals surface area contributed by atoms with E-state index in [2.05, 4.69) is 35.0 Å². The van der Waals surface area contributed by atoms with Gasteiger partial charge >= 0.3 is 12.3 Å². The van der Waals surface area contributed by atoms with Crippen molar-refractivity contribution in [3.63, 3.8) is 0 Å². The van der Waals surface area contributed by atoms with Crippen LogP contribution in [-0.4, -0.2) is 77.6 Å². The van der Waals surface area contributed by atoms with Gasteiger partial charge in [0, 0.05) is 31.6 Å². The van der Waals surface area contributed by atoms with Crippen LogP contribution in [0.1, 0.15) is 91.2 Å². The van der Waals surface area contributed by atoms with Crippen molar-refractivity contribution < 1.29 is 36.7 Å². The number of ether oxygens (including phenoxy) is 2.